The molecule has 4 atom stereocenters. The Morgan fingerprint density at radius 1 is 0.400 bits per heavy atom. The lowest BCUT2D eigenvalue weighted by Gasteiger charge is -2.46. The maximum atomic E-state index is 13.1. The van der Waals surface area contributed by atoms with Gasteiger partial charge in [-0.25, -0.2) is 0 Å². The third-order valence-electron chi connectivity index (χ3n) is 16.6. The Kier molecular flexibility index (Phi) is 27.0. The fraction of sp³-hybridized carbons (Fsp3) is 0.414. The summed E-state index contributed by atoms with van der Waals surface area (Å²) in [5.41, 5.74) is 7.29. The molecule has 0 saturated heterocycles. The van der Waals surface area contributed by atoms with Gasteiger partial charge in [0.1, 0.15) is 18.7 Å². The van der Waals surface area contributed by atoms with E-state index in [1.807, 2.05) is 30.3 Å². The summed E-state index contributed by atoms with van der Waals surface area (Å²) < 4.78 is 62.8. The van der Waals surface area contributed by atoms with Crippen LogP contribution in [0.25, 0.3) is 0 Å². The van der Waals surface area contributed by atoms with Gasteiger partial charge in [-0.1, -0.05) is 72.8 Å². The third-order valence-corrected chi connectivity index (χ3v) is 16.6. The Hall–Kier alpha value is -9.01. The van der Waals surface area contributed by atoms with Gasteiger partial charge < -0.3 is 80.9 Å². The summed E-state index contributed by atoms with van der Waals surface area (Å²) in [4.78, 5) is 59.0. The van der Waals surface area contributed by atoms with Gasteiger partial charge in [-0.15, -0.1) is 0 Å². The highest BCUT2D eigenvalue weighted by atomic mass is 16.6. The number of methoxy groups -OCH3 is 8. The molecule has 2 heterocycles. The second-order valence-corrected chi connectivity index (χ2v) is 22.3. The average Bonchev–Trinajstić information content (AvgIpc) is 0.876. The highest BCUT2D eigenvalue weighted by Crippen LogP contribution is 2.45. The van der Waals surface area contributed by atoms with Crippen LogP contribution in [-0.2, 0) is 54.3 Å². The van der Waals surface area contributed by atoms with Crippen molar-refractivity contribution < 1.29 is 95.3 Å². The van der Waals surface area contributed by atoms with Crippen LogP contribution in [0.3, 0.4) is 0 Å². The van der Waals surface area contributed by atoms with Gasteiger partial charge in [0.25, 0.3) is 0 Å². The SMILES string of the molecule is COc1ccc(CC2c3cc(OC)c(OC)cc3CC[N+]2(C)CCC(=O)OCCCCCOC(=O)CCOC(=O)CC[N+]2(C)CCc3cc(OC)c(OC)cc3C2Cc2ccc(OC)c(OC)c2)cc1OC.O=C([O-])c1ccccc1.O=C([O-])c1ccccc1. The first-order valence-corrected chi connectivity index (χ1v) is 30.0. The molecule has 2 aliphatic heterocycles. The Balaban J connectivity index is 0.000000611. The number of carbonyl (C=O) groups is 5. The average molecular weight is 1240 g/mol. The molecule has 0 aliphatic carbocycles. The standard InChI is InChI=1S/C56H76N2O14.2C7H6O2/c1-57(23-18-40-34-50(66-7)52(68-9)36-42(40)44(57)30-38-14-16-46(62-3)48(32-38)64-5)25-20-54(59)70-27-12-11-13-28-71-56(61)22-29-72-55(60)21-26-58(2)24-19-41-35-51(67-8)53(69-10)37-43(41)45(58)31-39-15-17-47(63-4)49(33-39)65-6;2*8-7(9)6-4-2-1-3-5-6/h14-17,32-37,44-45H,11-13,18-31H2,1-10H3;2*1-5H,(H,8,9)/q+2;;/p-2. The number of rotatable bonds is 29. The lowest BCUT2D eigenvalue weighted by Crippen LogP contribution is -2.53. The number of fused-ring (bicyclic) bond motifs is 2. The Labute approximate surface area is 528 Å². The molecule has 20 heteroatoms. The van der Waals surface area contributed by atoms with Crippen molar-refractivity contribution in [3.05, 3.63) is 166 Å². The topological polar surface area (TPSA) is 233 Å². The largest absolute Gasteiger partial charge is 0.545 e. The molecule has 6 aromatic rings. The fourth-order valence-electron chi connectivity index (χ4n) is 11.4. The van der Waals surface area contributed by atoms with Crippen molar-refractivity contribution in [1.82, 2.24) is 0 Å². The van der Waals surface area contributed by atoms with Crippen LogP contribution in [0, 0.1) is 0 Å². The summed E-state index contributed by atoms with van der Waals surface area (Å²) in [7, 11) is 17.4. The quantitative estimate of drug-likeness (QED) is 0.0187. The number of carboxylic acid groups (broad SMARTS) is 2. The molecule has 0 fully saturated rings. The van der Waals surface area contributed by atoms with Crippen LogP contribution in [0.1, 0.15) is 105 Å². The molecular weight excluding hydrogens is 1160 g/mol. The first kappa shape index (κ1) is 70.1. The van der Waals surface area contributed by atoms with Gasteiger partial charge in [0.15, 0.2) is 46.0 Å². The number of quaternary nitrogens is 2. The zero-order chi connectivity index (χ0) is 65.2. The van der Waals surface area contributed by atoms with Crippen LogP contribution in [0.4, 0.5) is 0 Å². The maximum absolute atomic E-state index is 13.1. The van der Waals surface area contributed by atoms with Crippen molar-refractivity contribution in [3.63, 3.8) is 0 Å². The Morgan fingerprint density at radius 2 is 0.733 bits per heavy atom. The smallest absolute Gasteiger partial charge is 0.311 e. The molecule has 20 nitrogen and oxygen atoms in total. The number of ether oxygens (including phenoxy) is 11. The van der Waals surface area contributed by atoms with Crippen molar-refractivity contribution in [3.8, 4) is 46.0 Å². The summed E-state index contributed by atoms with van der Waals surface area (Å²) in [5, 5.41) is 20.2. The second kappa shape index (κ2) is 34.7. The first-order valence-electron chi connectivity index (χ1n) is 30.0. The van der Waals surface area contributed by atoms with Gasteiger partial charge in [0.2, 0.25) is 0 Å². The minimum atomic E-state index is -1.13. The molecule has 90 heavy (non-hydrogen) atoms. The predicted molar refractivity (Wildman–Crippen MR) is 332 cm³/mol. The van der Waals surface area contributed by atoms with Crippen LogP contribution in [-0.4, -0.2) is 156 Å². The van der Waals surface area contributed by atoms with Crippen molar-refractivity contribution in [2.75, 3.05) is 117 Å². The molecule has 6 aromatic carbocycles. The van der Waals surface area contributed by atoms with Crippen LogP contribution >= 0.6 is 0 Å². The van der Waals surface area contributed by atoms with E-state index < -0.39 is 17.9 Å². The minimum Gasteiger partial charge on any atom is -0.545 e. The van der Waals surface area contributed by atoms with E-state index in [1.165, 1.54) is 41.0 Å². The number of likely N-dealkylation sites (N-methyl/N-ethyl adjacent to an activating group) is 2. The number of hydrogen-bond donors (Lipinski definition) is 0. The molecule has 484 valence electrons. The van der Waals surface area contributed by atoms with E-state index in [-0.39, 0.29) is 74.2 Å². The van der Waals surface area contributed by atoms with Gasteiger partial charge in [-0.05, 0) is 101 Å². The first-order chi connectivity index (χ1) is 43.4. The van der Waals surface area contributed by atoms with Gasteiger partial charge in [-0.3, -0.25) is 14.4 Å². The molecule has 8 rings (SSSR count). The van der Waals surface area contributed by atoms with Gasteiger partial charge in [0.05, 0.1) is 142 Å². The number of aromatic carboxylic acids is 2. The maximum Gasteiger partial charge on any atom is 0.311 e. The molecule has 0 saturated carbocycles. The van der Waals surface area contributed by atoms with Crippen LogP contribution in [0.5, 0.6) is 46.0 Å². The molecule has 0 amide bonds. The number of carbonyl (C=O) groups excluding carboxylic acids is 5. The van der Waals surface area contributed by atoms with Gasteiger partial charge in [0, 0.05) is 36.8 Å². The summed E-state index contributed by atoms with van der Waals surface area (Å²) >= 11 is 0. The Morgan fingerprint density at radius 3 is 1.08 bits per heavy atom. The number of esters is 3. The second-order valence-electron chi connectivity index (χ2n) is 22.3. The van der Waals surface area contributed by atoms with E-state index >= 15 is 0 Å². The molecule has 0 radical (unpaired) electrons. The number of unbranched alkanes of at least 4 members (excludes halogenated alkanes) is 2. The third kappa shape index (κ3) is 19.5. The molecule has 0 spiro atoms. The van der Waals surface area contributed by atoms with Gasteiger partial charge >= 0.3 is 17.9 Å². The van der Waals surface area contributed by atoms with E-state index in [4.69, 9.17) is 52.1 Å². The van der Waals surface area contributed by atoms with Crippen molar-refractivity contribution in [1.29, 1.82) is 0 Å². The normalized spacial score (nSPS) is 16.9. The summed E-state index contributed by atoms with van der Waals surface area (Å²) in [5.74, 6) is 2.04. The van der Waals surface area contributed by atoms with Crippen molar-refractivity contribution in [2.24, 2.45) is 0 Å². The number of hydrogen-bond acceptors (Lipinski definition) is 18. The Bertz CT molecular complexity index is 3270. The highest BCUT2D eigenvalue weighted by Gasteiger charge is 2.42. The molecule has 4 unspecified atom stereocenters. The predicted octanol–water partition coefficient (Wildman–Crippen LogP) is 8.10. The molecule has 0 aromatic heterocycles. The lowest BCUT2D eigenvalue weighted by atomic mass is 9.86. The highest BCUT2D eigenvalue weighted by molar-refractivity contribution is 5.86. The monoisotopic (exact) mass is 1240 g/mol. The fourth-order valence-corrected chi connectivity index (χ4v) is 11.4. The molecule has 2 aliphatic rings. The lowest BCUT2D eigenvalue weighted by molar-refractivity contribution is -0.940. The van der Waals surface area contributed by atoms with Crippen LogP contribution in [0.2, 0.25) is 0 Å². The van der Waals surface area contributed by atoms with E-state index in [9.17, 15) is 34.2 Å². The number of carboxylic acids is 2. The van der Waals surface area contributed by atoms with Crippen LogP contribution < -0.4 is 48.1 Å². The van der Waals surface area contributed by atoms with Crippen molar-refractivity contribution >= 4 is 29.8 Å². The van der Waals surface area contributed by atoms with E-state index in [1.54, 1.807) is 93.3 Å². The van der Waals surface area contributed by atoms with Gasteiger partial charge in [-0.2, -0.15) is 0 Å². The minimum absolute atomic E-state index is 0.0112. The number of benzene rings is 6. The molecule has 0 N–H and O–H groups in total. The summed E-state index contributed by atoms with van der Waals surface area (Å²) in [6.45, 7) is 3.22. The molecule has 0 bridgehead atoms. The summed E-state index contributed by atoms with van der Waals surface area (Å²) in [6, 6.07) is 36.3. The summed E-state index contributed by atoms with van der Waals surface area (Å²) in [6.07, 6.45) is 5.40. The zero-order valence-corrected chi connectivity index (χ0v) is 53.5. The van der Waals surface area contributed by atoms with Crippen molar-refractivity contribution in [2.45, 2.75) is 76.3 Å². The van der Waals surface area contributed by atoms with E-state index in [0.717, 1.165) is 42.6 Å². The van der Waals surface area contributed by atoms with Crippen LogP contribution in [0.15, 0.2) is 121 Å². The van der Waals surface area contributed by atoms with E-state index in [0.29, 0.717) is 100 Å². The zero-order valence-electron chi connectivity index (χ0n) is 53.5. The molecular formula is C70H86N2O18. The number of nitrogens with zero attached hydrogens (tertiary/aromatic N) is 2. The van der Waals surface area contributed by atoms with E-state index in [2.05, 4.69) is 44.4 Å².